The van der Waals surface area contributed by atoms with Gasteiger partial charge in [-0.3, -0.25) is 4.79 Å². The van der Waals surface area contributed by atoms with Crippen molar-refractivity contribution in [3.63, 3.8) is 0 Å². The number of hydrogen-bond donors (Lipinski definition) is 2. The Kier molecular flexibility index (Phi) is 5.59. The van der Waals surface area contributed by atoms with Crippen molar-refractivity contribution in [1.82, 2.24) is 0 Å². The molecule has 1 rings (SSSR count). The van der Waals surface area contributed by atoms with E-state index in [1.54, 1.807) is 0 Å². The summed E-state index contributed by atoms with van der Waals surface area (Å²) in [5.74, 6) is -0.830. The fourth-order valence-corrected chi connectivity index (χ4v) is 2.05. The highest BCUT2D eigenvalue weighted by atomic mass is 79.9. The Morgan fingerprint density at radius 2 is 2.00 bits per heavy atom. The third-order valence-corrected chi connectivity index (χ3v) is 3.64. The average molecular weight is 353 g/mol. The Hall–Kier alpha value is -1.08. The Morgan fingerprint density at radius 1 is 1.40 bits per heavy atom. The van der Waals surface area contributed by atoms with E-state index in [-0.39, 0.29) is 24.1 Å². The average Bonchev–Trinajstić information content (AvgIpc) is 2.30. The van der Waals surface area contributed by atoms with E-state index in [1.165, 1.54) is 6.07 Å². The van der Waals surface area contributed by atoms with Crippen LogP contribution in [0.15, 0.2) is 22.7 Å². The van der Waals surface area contributed by atoms with Crippen molar-refractivity contribution in [3.8, 4) is 0 Å². The van der Waals surface area contributed by atoms with Gasteiger partial charge in [0, 0.05) is 11.0 Å². The molecule has 20 heavy (non-hydrogen) atoms. The van der Waals surface area contributed by atoms with E-state index in [9.17, 15) is 18.0 Å². The molecule has 0 aromatic heterocycles. The number of nitrogens with two attached hydrogens (primary N) is 1. The molecule has 3 N–H and O–H groups in total. The summed E-state index contributed by atoms with van der Waals surface area (Å²) in [5, 5.41) is 2.49. The lowest BCUT2D eigenvalue weighted by Crippen LogP contribution is -2.33. The zero-order chi connectivity index (χ0) is 15.5. The second-order valence-corrected chi connectivity index (χ2v) is 5.62. The molecular weight excluding hydrogens is 337 g/mol. The number of rotatable bonds is 4. The summed E-state index contributed by atoms with van der Waals surface area (Å²) in [4.78, 5) is 12.0. The van der Waals surface area contributed by atoms with Crippen molar-refractivity contribution in [2.45, 2.75) is 20.0 Å². The topological polar surface area (TPSA) is 55.1 Å². The summed E-state index contributed by atoms with van der Waals surface area (Å²) in [6.45, 7) is 3.80. The molecule has 112 valence electrons. The van der Waals surface area contributed by atoms with Crippen molar-refractivity contribution >= 4 is 27.5 Å². The van der Waals surface area contributed by atoms with Crippen LogP contribution in [0, 0.1) is 11.8 Å². The van der Waals surface area contributed by atoms with Gasteiger partial charge in [0.1, 0.15) is 0 Å². The van der Waals surface area contributed by atoms with Gasteiger partial charge >= 0.3 is 6.18 Å². The molecule has 0 heterocycles. The summed E-state index contributed by atoms with van der Waals surface area (Å²) in [5.41, 5.74) is 4.78. The first-order valence-corrected chi connectivity index (χ1v) is 6.83. The van der Waals surface area contributed by atoms with Gasteiger partial charge in [-0.15, -0.1) is 0 Å². The number of amides is 1. The Labute approximate surface area is 123 Å². The number of nitrogens with one attached hydrogen (secondary N) is 1. The van der Waals surface area contributed by atoms with Crippen LogP contribution in [0.3, 0.4) is 0 Å². The molecule has 1 unspecified atom stereocenters. The molecule has 7 heteroatoms. The summed E-state index contributed by atoms with van der Waals surface area (Å²) < 4.78 is 38.3. The highest BCUT2D eigenvalue weighted by molar-refractivity contribution is 9.10. The van der Waals surface area contributed by atoms with Crippen LogP contribution in [0.5, 0.6) is 0 Å². The van der Waals surface area contributed by atoms with E-state index in [4.69, 9.17) is 5.73 Å². The number of halogens is 4. The summed E-state index contributed by atoms with van der Waals surface area (Å²) >= 11 is 3.12. The molecule has 0 aliphatic carbocycles. The van der Waals surface area contributed by atoms with Gasteiger partial charge in [0.15, 0.2) is 0 Å². The van der Waals surface area contributed by atoms with E-state index in [0.717, 1.165) is 12.1 Å². The molecule has 1 aromatic carbocycles. The predicted molar refractivity (Wildman–Crippen MR) is 75.2 cm³/mol. The number of anilines is 1. The van der Waals surface area contributed by atoms with E-state index in [0.29, 0.717) is 4.47 Å². The maximum atomic E-state index is 12.6. The number of hydrogen-bond acceptors (Lipinski definition) is 2. The van der Waals surface area contributed by atoms with Crippen LogP contribution in [0.1, 0.15) is 19.4 Å². The Morgan fingerprint density at radius 3 is 2.45 bits per heavy atom. The standard InChI is InChI=1S/C13H16BrF3N2O/c1-7(2)9(6-18)12(20)19-11-5-8(13(15,16)17)3-4-10(11)14/h3-5,7,9H,6,18H2,1-2H3,(H,19,20). The lowest BCUT2D eigenvalue weighted by molar-refractivity contribution is -0.137. The van der Waals surface area contributed by atoms with Crippen LogP contribution in [0.4, 0.5) is 18.9 Å². The molecule has 1 atom stereocenters. The first kappa shape index (κ1) is 17.0. The number of carbonyl (C=O) groups excluding carboxylic acids is 1. The molecule has 3 nitrogen and oxygen atoms in total. The van der Waals surface area contributed by atoms with Crippen LogP contribution in [0.2, 0.25) is 0 Å². The Bertz CT molecular complexity index is 489. The minimum atomic E-state index is -4.45. The van der Waals surface area contributed by atoms with Crippen molar-refractivity contribution in [2.24, 2.45) is 17.6 Å². The smallest absolute Gasteiger partial charge is 0.330 e. The van der Waals surface area contributed by atoms with Gasteiger partial charge < -0.3 is 11.1 Å². The zero-order valence-corrected chi connectivity index (χ0v) is 12.7. The third-order valence-electron chi connectivity index (χ3n) is 2.95. The molecule has 0 aliphatic heterocycles. The SMILES string of the molecule is CC(C)C(CN)C(=O)Nc1cc(C(F)(F)F)ccc1Br. The summed E-state index contributed by atoms with van der Waals surface area (Å²) in [6.07, 6.45) is -4.45. The van der Waals surface area contributed by atoms with Crippen molar-refractivity contribution < 1.29 is 18.0 Å². The summed E-state index contributed by atoms with van der Waals surface area (Å²) in [6, 6.07) is 3.10. The van der Waals surface area contributed by atoms with E-state index in [2.05, 4.69) is 21.2 Å². The maximum absolute atomic E-state index is 12.6. The van der Waals surface area contributed by atoms with Gasteiger partial charge in [0.2, 0.25) is 5.91 Å². The largest absolute Gasteiger partial charge is 0.416 e. The second-order valence-electron chi connectivity index (χ2n) is 4.77. The van der Waals surface area contributed by atoms with Gasteiger partial charge in [-0.05, 0) is 40.0 Å². The zero-order valence-electron chi connectivity index (χ0n) is 11.1. The minimum absolute atomic E-state index is 0.00424. The van der Waals surface area contributed by atoms with E-state index in [1.807, 2.05) is 13.8 Å². The van der Waals surface area contributed by atoms with Gasteiger partial charge in [-0.1, -0.05) is 13.8 Å². The number of carbonyl (C=O) groups is 1. The number of alkyl halides is 3. The minimum Gasteiger partial charge on any atom is -0.330 e. The van der Waals surface area contributed by atoms with Crippen LogP contribution in [0.25, 0.3) is 0 Å². The third kappa shape index (κ3) is 4.21. The lowest BCUT2D eigenvalue weighted by atomic mass is 9.95. The molecule has 0 saturated heterocycles. The molecule has 0 bridgehead atoms. The van der Waals surface area contributed by atoms with Crippen molar-refractivity contribution in [1.29, 1.82) is 0 Å². The first-order chi connectivity index (χ1) is 9.16. The molecule has 0 radical (unpaired) electrons. The highest BCUT2D eigenvalue weighted by Crippen LogP contribution is 2.34. The first-order valence-electron chi connectivity index (χ1n) is 6.04. The van der Waals surface area contributed by atoms with E-state index >= 15 is 0 Å². The van der Waals surface area contributed by atoms with Crippen molar-refractivity contribution in [3.05, 3.63) is 28.2 Å². The van der Waals surface area contributed by atoms with Crippen LogP contribution in [-0.4, -0.2) is 12.5 Å². The summed E-state index contributed by atoms with van der Waals surface area (Å²) in [7, 11) is 0. The van der Waals surface area contributed by atoms with Crippen LogP contribution < -0.4 is 11.1 Å². The Balaban J connectivity index is 3.00. The second kappa shape index (κ2) is 6.58. The van der Waals surface area contributed by atoms with E-state index < -0.39 is 17.7 Å². The fraction of sp³-hybridized carbons (Fsp3) is 0.462. The monoisotopic (exact) mass is 352 g/mol. The molecule has 0 fully saturated rings. The maximum Gasteiger partial charge on any atom is 0.416 e. The van der Waals surface area contributed by atoms with Gasteiger partial charge in [0.25, 0.3) is 0 Å². The fourth-order valence-electron chi connectivity index (χ4n) is 1.70. The normalized spacial score (nSPS) is 13.4. The molecular formula is C13H16BrF3N2O. The van der Waals surface area contributed by atoms with Crippen LogP contribution in [-0.2, 0) is 11.0 Å². The lowest BCUT2D eigenvalue weighted by Gasteiger charge is -2.19. The van der Waals surface area contributed by atoms with Crippen LogP contribution >= 0.6 is 15.9 Å². The van der Waals surface area contributed by atoms with Gasteiger partial charge in [-0.2, -0.15) is 13.2 Å². The highest BCUT2D eigenvalue weighted by Gasteiger charge is 2.31. The molecule has 1 aromatic rings. The molecule has 0 saturated carbocycles. The number of benzene rings is 1. The molecule has 0 aliphatic rings. The van der Waals surface area contributed by atoms with Gasteiger partial charge in [-0.25, -0.2) is 0 Å². The van der Waals surface area contributed by atoms with Crippen molar-refractivity contribution in [2.75, 3.05) is 11.9 Å². The molecule has 1 amide bonds. The predicted octanol–water partition coefficient (Wildman–Crippen LogP) is 3.64. The van der Waals surface area contributed by atoms with Gasteiger partial charge in [0.05, 0.1) is 17.2 Å². The quantitative estimate of drug-likeness (QED) is 0.869. The molecule has 0 spiro atoms.